The minimum atomic E-state index is -0.928. The molecule has 0 spiro atoms. The van der Waals surface area contributed by atoms with Crippen LogP contribution in [0.5, 0.6) is 5.75 Å². The van der Waals surface area contributed by atoms with Crippen molar-refractivity contribution >= 4 is 29.2 Å². The number of amides is 2. The van der Waals surface area contributed by atoms with Crippen LogP contribution >= 0.6 is 0 Å². The van der Waals surface area contributed by atoms with Crippen molar-refractivity contribution in [1.82, 2.24) is 0 Å². The van der Waals surface area contributed by atoms with Crippen molar-refractivity contribution in [1.29, 1.82) is 0 Å². The molecule has 0 saturated carbocycles. The number of carboxylic acid groups (broad SMARTS) is 1. The molecule has 0 aliphatic carbocycles. The SMILES string of the molecule is CC(C(=O)O)c1cccc(NC(=O)CCN2C(=O)COc3ccccc32)c1. The van der Waals surface area contributed by atoms with E-state index in [0.717, 1.165) is 0 Å². The average Bonchev–Trinajstić information content (AvgIpc) is 2.66. The minimum absolute atomic E-state index is 0.0479. The van der Waals surface area contributed by atoms with Gasteiger partial charge in [-0.25, -0.2) is 0 Å². The van der Waals surface area contributed by atoms with Gasteiger partial charge in [0.1, 0.15) is 5.75 Å². The summed E-state index contributed by atoms with van der Waals surface area (Å²) in [5.74, 6) is -1.43. The largest absolute Gasteiger partial charge is 0.482 e. The molecular formula is C20H20N2O5. The topological polar surface area (TPSA) is 95.9 Å². The Morgan fingerprint density at radius 1 is 1.22 bits per heavy atom. The molecule has 0 fully saturated rings. The summed E-state index contributed by atoms with van der Waals surface area (Å²) in [6.07, 6.45) is 0.110. The van der Waals surface area contributed by atoms with Crippen LogP contribution in [0.4, 0.5) is 11.4 Å². The third-order valence-corrected chi connectivity index (χ3v) is 4.41. The molecule has 1 unspecified atom stereocenters. The van der Waals surface area contributed by atoms with E-state index >= 15 is 0 Å². The first-order valence-corrected chi connectivity index (χ1v) is 8.60. The molecular weight excluding hydrogens is 348 g/mol. The van der Waals surface area contributed by atoms with Crippen LogP contribution in [0.15, 0.2) is 48.5 Å². The second kappa shape index (κ2) is 7.90. The van der Waals surface area contributed by atoms with Crippen LogP contribution in [-0.2, 0) is 14.4 Å². The van der Waals surface area contributed by atoms with Crippen LogP contribution in [0.25, 0.3) is 0 Å². The third-order valence-electron chi connectivity index (χ3n) is 4.41. The number of hydrogen-bond acceptors (Lipinski definition) is 4. The standard InChI is InChI=1S/C20H20N2O5/c1-13(20(25)26)14-5-4-6-15(11-14)21-18(23)9-10-22-16-7-2-3-8-17(16)27-12-19(22)24/h2-8,11,13H,9-10,12H2,1H3,(H,21,23)(H,25,26). The fraction of sp³-hybridized carbons (Fsp3) is 0.250. The third kappa shape index (κ3) is 4.25. The molecule has 7 heteroatoms. The Balaban J connectivity index is 1.63. The number of rotatable bonds is 6. The number of nitrogens with one attached hydrogen (secondary N) is 1. The maximum Gasteiger partial charge on any atom is 0.310 e. The van der Waals surface area contributed by atoms with Crippen molar-refractivity contribution < 1.29 is 24.2 Å². The van der Waals surface area contributed by atoms with Gasteiger partial charge in [-0.15, -0.1) is 0 Å². The summed E-state index contributed by atoms with van der Waals surface area (Å²) >= 11 is 0. The van der Waals surface area contributed by atoms with Crippen molar-refractivity contribution in [2.45, 2.75) is 19.3 Å². The minimum Gasteiger partial charge on any atom is -0.482 e. The summed E-state index contributed by atoms with van der Waals surface area (Å²) in [6, 6.07) is 13.9. The summed E-state index contributed by atoms with van der Waals surface area (Å²) in [5.41, 5.74) is 1.79. The number of fused-ring (bicyclic) bond motifs is 1. The molecule has 7 nitrogen and oxygen atoms in total. The summed E-state index contributed by atoms with van der Waals surface area (Å²) in [7, 11) is 0. The summed E-state index contributed by atoms with van der Waals surface area (Å²) in [4.78, 5) is 37.1. The van der Waals surface area contributed by atoms with Crippen LogP contribution in [-0.4, -0.2) is 36.0 Å². The highest BCUT2D eigenvalue weighted by molar-refractivity contribution is 5.99. The van der Waals surface area contributed by atoms with Gasteiger partial charge < -0.3 is 20.1 Å². The Morgan fingerprint density at radius 2 is 2.00 bits per heavy atom. The van der Waals surface area contributed by atoms with Crippen molar-refractivity contribution in [3.63, 3.8) is 0 Å². The Hall–Kier alpha value is -3.35. The number of para-hydroxylation sites is 2. The summed E-state index contributed by atoms with van der Waals surface area (Å²) in [6.45, 7) is 1.77. The van der Waals surface area contributed by atoms with E-state index in [1.807, 2.05) is 12.1 Å². The number of carboxylic acids is 1. The summed E-state index contributed by atoms with van der Waals surface area (Å²) < 4.78 is 5.38. The fourth-order valence-electron chi connectivity index (χ4n) is 2.86. The quantitative estimate of drug-likeness (QED) is 0.817. The van der Waals surface area contributed by atoms with Gasteiger partial charge in [0.15, 0.2) is 6.61 Å². The molecule has 140 valence electrons. The molecule has 1 aliphatic rings. The highest BCUT2D eigenvalue weighted by Gasteiger charge is 2.25. The van der Waals surface area contributed by atoms with Gasteiger partial charge in [0.25, 0.3) is 5.91 Å². The van der Waals surface area contributed by atoms with E-state index in [9.17, 15) is 14.4 Å². The van der Waals surface area contributed by atoms with E-state index in [-0.39, 0.29) is 31.4 Å². The van der Waals surface area contributed by atoms with Gasteiger partial charge in [-0.3, -0.25) is 14.4 Å². The van der Waals surface area contributed by atoms with E-state index in [1.54, 1.807) is 48.2 Å². The molecule has 0 aromatic heterocycles. The highest BCUT2D eigenvalue weighted by atomic mass is 16.5. The zero-order valence-corrected chi connectivity index (χ0v) is 14.8. The number of anilines is 2. The molecule has 2 aromatic carbocycles. The first kappa shape index (κ1) is 18.4. The first-order chi connectivity index (χ1) is 13.0. The summed E-state index contributed by atoms with van der Waals surface area (Å²) in [5, 5.41) is 11.9. The molecule has 2 amide bonds. The Kier molecular flexibility index (Phi) is 5.40. The monoisotopic (exact) mass is 368 g/mol. The van der Waals surface area contributed by atoms with Gasteiger partial charge in [0.2, 0.25) is 5.91 Å². The fourth-order valence-corrected chi connectivity index (χ4v) is 2.86. The van der Waals surface area contributed by atoms with Crippen molar-refractivity contribution in [2.24, 2.45) is 0 Å². The van der Waals surface area contributed by atoms with Crippen LogP contribution in [0.3, 0.4) is 0 Å². The molecule has 0 saturated heterocycles. The second-order valence-electron chi connectivity index (χ2n) is 6.29. The number of carbonyl (C=O) groups is 3. The van der Waals surface area contributed by atoms with Gasteiger partial charge >= 0.3 is 5.97 Å². The number of nitrogens with zero attached hydrogens (tertiary/aromatic N) is 1. The van der Waals surface area contributed by atoms with Gasteiger partial charge in [0, 0.05) is 18.7 Å². The lowest BCUT2D eigenvalue weighted by atomic mass is 10.0. The number of carbonyl (C=O) groups excluding carboxylic acids is 2. The average molecular weight is 368 g/mol. The van der Waals surface area contributed by atoms with E-state index < -0.39 is 11.9 Å². The molecule has 2 aromatic rings. The number of aliphatic carboxylic acids is 1. The van der Waals surface area contributed by atoms with Gasteiger partial charge in [-0.05, 0) is 36.8 Å². The lowest BCUT2D eigenvalue weighted by Gasteiger charge is -2.29. The predicted molar refractivity (Wildman–Crippen MR) is 100 cm³/mol. The Bertz CT molecular complexity index is 880. The molecule has 0 bridgehead atoms. The van der Waals surface area contributed by atoms with Crippen LogP contribution in [0, 0.1) is 0 Å². The van der Waals surface area contributed by atoms with E-state index in [2.05, 4.69) is 5.32 Å². The lowest BCUT2D eigenvalue weighted by molar-refractivity contribution is -0.138. The maximum atomic E-state index is 12.3. The van der Waals surface area contributed by atoms with Crippen molar-refractivity contribution in [3.05, 3.63) is 54.1 Å². The van der Waals surface area contributed by atoms with Crippen LogP contribution in [0.1, 0.15) is 24.8 Å². The van der Waals surface area contributed by atoms with Crippen LogP contribution in [0.2, 0.25) is 0 Å². The molecule has 0 radical (unpaired) electrons. The number of benzene rings is 2. The lowest BCUT2D eigenvalue weighted by Crippen LogP contribution is -2.40. The normalized spacial score (nSPS) is 14.1. The zero-order chi connectivity index (χ0) is 19.4. The van der Waals surface area contributed by atoms with Gasteiger partial charge in [-0.1, -0.05) is 24.3 Å². The first-order valence-electron chi connectivity index (χ1n) is 8.60. The van der Waals surface area contributed by atoms with E-state index in [4.69, 9.17) is 9.84 Å². The van der Waals surface area contributed by atoms with E-state index in [0.29, 0.717) is 22.7 Å². The maximum absolute atomic E-state index is 12.3. The molecule has 3 rings (SSSR count). The molecule has 1 aliphatic heterocycles. The predicted octanol–water partition coefficient (Wildman–Crippen LogP) is 2.63. The molecule has 1 atom stereocenters. The molecule has 1 heterocycles. The van der Waals surface area contributed by atoms with E-state index in [1.165, 1.54) is 0 Å². The second-order valence-corrected chi connectivity index (χ2v) is 6.29. The molecule has 27 heavy (non-hydrogen) atoms. The smallest absolute Gasteiger partial charge is 0.310 e. The zero-order valence-electron chi connectivity index (χ0n) is 14.8. The van der Waals surface area contributed by atoms with Crippen molar-refractivity contribution in [2.75, 3.05) is 23.4 Å². The number of hydrogen-bond donors (Lipinski definition) is 2. The Labute approximate surface area is 156 Å². The number of ether oxygens (including phenoxy) is 1. The highest BCUT2D eigenvalue weighted by Crippen LogP contribution is 2.31. The van der Waals surface area contributed by atoms with Gasteiger partial charge in [0.05, 0.1) is 11.6 Å². The van der Waals surface area contributed by atoms with Crippen molar-refractivity contribution in [3.8, 4) is 5.75 Å². The Morgan fingerprint density at radius 3 is 2.78 bits per heavy atom. The van der Waals surface area contributed by atoms with Gasteiger partial charge in [-0.2, -0.15) is 0 Å². The van der Waals surface area contributed by atoms with Crippen LogP contribution < -0.4 is 15.0 Å². The molecule has 2 N–H and O–H groups in total.